The van der Waals surface area contributed by atoms with Crippen molar-refractivity contribution >= 4 is 5.91 Å². The first kappa shape index (κ1) is 16.7. The van der Waals surface area contributed by atoms with Crippen LogP contribution in [0.4, 0.5) is 0 Å². The number of hydrogen-bond acceptors (Lipinski definition) is 4. The number of carbonyl (C=O) groups excluding carboxylic acids is 1. The third-order valence-electron chi connectivity index (χ3n) is 5.12. The van der Waals surface area contributed by atoms with E-state index in [4.69, 9.17) is 0 Å². The molecule has 1 N–H and O–H groups in total. The van der Waals surface area contributed by atoms with Crippen molar-refractivity contribution in [2.45, 2.75) is 31.7 Å². The van der Waals surface area contributed by atoms with Crippen molar-refractivity contribution in [3.05, 3.63) is 0 Å². The summed E-state index contributed by atoms with van der Waals surface area (Å²) >= 11 is 0. The Morgan fingerprint density at radius 2 is 1.90 bits per heavy atom. The molecule has 0 aromatic rings. The summed E-state index contributed by atoms with van der Waals surface area (Å²) in [5, 5.41) is 3.33. The van der Waals surface area contributed by atoms with E-state index >= 15 is 0 Å². The van der Waals surface area contributed by atoms with E-state index in [9.17, 15) is 4.79 Å². The smallest absolute Gasteiger partial charge is 0.226 e. The van der Waals surface area contributed by atoms with Crippen LogP contribution in [0.15, 0.2) is 0 Å². The largest absolute Gasteiger partial charge is 0.344 e. The van der Waals surface area contributed by atoms with Crippen LogP contribution in [0.5, 0.6) is 0 Å². The Bertz CT molecular complexity index is 322. The molecule has 0 spiro atoms. The summed E-state index contributed by atoms with van der Waals surface area (Å²) in [5.41, 5.74) is 0. The molecule has 2 rings (SSSR count). The van der Waals surface area contributed by atoms with Gasteiger partial charge in [-0.25, -0.2) is 0 Å². The van der Waals surface area contributed by atoms with Crippen LogP contribution in [0.1, 0.15) is 25.7 Å². The normalized spacial score (nSPS) is 25.2. The summed E-state index contributed by atoms with van der Waals surface area (Å²) in [6.45, 7) is 6.13. The lowest BCUT2D eigenvalue weighted by Gasteiger charge is -2.36. The second-order valence-corrected chi connectivity index (χ2v) is 6.82. The SMILES string of the molecule is CN1CCC(N(C)CCN(C)C(=O)[C@@H]2CCCNC2)CC1. The third kappa shape index (κ3) is 4.94. The van der Waals surface area contributed by atoms with Crippen LogP contribution >= 0.6 is 0 Å². The maximum atomic E-state index is 12.4. The van der Waals surface area contributed by atoms with E-state index in [-0.39, 0.29) is 5.92 Å². The zero-order chi connectivity index (χ0) is 15.2. The predicted octanol–water partition coefficient (Wildman–Crippen LogP) is 0.470. The molecule has 0 bridgehead atoms. The zero-order valence-corrected chi connectivity index (χ0v) is 14.0. The molecule has 122 valence electrons. The van der Waals surface area contributed by atoms with Crippen molar-refractivity contribution in [1.29, 1.82) is 0 Å². The van der Waals surface area contributed by atoms with E-state index in [1.807, 2.05) is 11.9 Å². The van der Waals surface area contributed by atoms with Gasteiger partial charge in [-0.1, -0.05) is 0 Å². The summed E-state index contributed by atoms with van der Waals surface area (Å²) in [7, 11) is 6.36. The minimum Gasteiger partial charge on any atom is -0.344 e. The molecule has 2 saturated heterocycles. The van der Waals surface area contributed by atoms with E-state index in [0.717, 1.165) is 39.0 Å². The number of carbonyl (C=O) groups is 1. The highest BCUT2D eigenvalue weighted by atomic mass is 16.2. The van der Waals surface area contributed by atoms with Gasteiger partial charge in [-0.3, -0.25) is 4.79 Å². The minimum absolute atomic E-state index is 0.192. The van der Waals surface area contributed by atoms with Gasteiger partial charge in [0.2, 0.25) is 5.91 Å². The van der Waals surface area contributed by atoms with E-state index in [1.54, 1.807) is 0 Å². The molecule has 2 fully saturated rings. The molecule has 5 nitrogen and oxygen atoms in total. The highest BCUT2D eigenvalue weighted by molar-refractivity contribution is 5.78. The van der Waals surface area contributed by atoms with Crippen LogP contribution < -0.4 is 5.32 Å². The molecule has 5 heteroatoms. The second-order valence-electron chi connectivity index (χ2n) is 6.82. The van der Waals surface area contributed by atoms with Gasteiger partial charge in [0.15, 0.2) is 0 Å². The first-order valence-corrected chi connectivity index (χ1v) is 8.42. The molecule has 2 aliphatic rings. The van der Waals surface area contributed by atoms with Crippen LogP contribution in [-0.2, 0) is 4.79 Å². The van der Waals surface area contributed by atoms with Gasteiger partial charge in [0.25, 0.3) is 0 Å². The van der Waals surface area contributed by atoms with Gasteiger partial charge in [0, 0.05) is 32.7 Å². The van der Waals surface area contributed by atoms with Gasteiger partial charge in [-0.15, -0.1) is 0 Å². The molecule has 0 unspecified atom stereocenters. The van der Waals surface area contributed by atoms with Gasteiger partial charge >= 0.3 is 0 Å². The molecule has 1 amide bonds. The number of hydrogen-bond donors (Lipinski definition) is 1. The van der Waals surface area contributed by atoms with E-state index in [2.05, 4.69) is 29.2 Å². The molecule has 2 heterocycles. The predicted molar refractivity (Wildman–Crippen MR) is 86.4 cm³/mol. The van der Waals surface area contributed by atoms with Crippen molar-refractivity contribution in [3.63, 3.8) is 0 Å². The molecular weight excluding hydrogens is 264 g/mol. The topological polar surface area (TPSA) is 38.8 Å². The van der Waals surface area contributed by atoms with Crippen molar-refractivity contribution < 1.29 is 4.79 Å². The van der Waals surface area contributed by atoms with Crippen molar-refractivity contribution in [1.82, 2.24) is 20.0 Å². The fourth-order valence-electron chi connectivity index (χ4n) is 3.41. The maximum absolute atomic E-state index is 12.4. The Morgan fingerprint density at radius 1 is 1.19 bits per heavy atom. The Hall–Kier alpha value is -0.650. The molecule has 1 atom stereocenters. The van der Waals surface area contributed by atoms with Gasteiger partial charge in [-0.05, 0) is 59.4 Å². The van der Waals surface area contributed by atoms with E-state index < -0.39 is 0 Å². The summed E-state index contributed by atoms with van der Waals surface area (Å²) in [6.07, 6.45) is 4.66. The van der Waals surface area contributed by atoms with E-state index in [0.29, 0.717) is 11.9 Å². The molecule has 0 aromatic heterocycles. The highest BCUT2D eigenvalue weighted by Crippen LogP contribution is 2.15. The lowest BCUT2D eigenvalue weighted by Crippen LogP contribution is -2.46. The van der Waals surface area contributed by atoms with Gasteiger partial charge in [-0.2, -0.15) is 0 Å². The summed E-state index contributed by atoms with van der Waals surface area (Å²) < 4.78 is 0. The first-order chi connectivity index (χ1) is 10.1. The van der Waals surface area contributed by atoms with Crippen LogP contribution in [0.3, 0.4) is 0 Å². The average Bonchev–Trinajstić information content (AvgIpc) is 2.53. The molecule has 0 aliphatic carbocycles. The second kappa shape index (κ2) is 8.11. The molecular formula is C16H32N4O. The first-order valence-electron chi connectivity index (χ1n) is 8.42. The molecule has 2 aliphatic heterocycles. The summed E-state index contributed by atoms with van der Waals surface area (Å²) in [6, 6.07) is 0.682. The van der Waals surface area contributed by atoms with Crippen molar-refractivity contribution in [3.8, 4) is 0 Å². The van der Waals surface area contributed by atoms with Gasteiger partial charge < -0.3 is 20.0 Å². The number of nitrogens with zero attached hydrogens (tertiary/aromatic N) is 3. The fraction of sp³-hybridized carbons (Fsp3) is 0.938. The van der Waals surface area contributed by atoms with Crippen LogP contribution in [0, 0.1) is 5.92 Å². The number of nitrogens with one attached hydrogen (secondary N) is 1. The van der Waals surface area contributed by atoms with Crippen molar-refractivity contribution in [2.75, 3.05) is 60.4 Å². The summed E-state index contributed by atoms with van der Waals surface area (Å²) in [5.74, 6) is 0.511. The Balaban J connectivity index is 1.70. The van der Waals surface area contributed by atoms with Crippen LogP contribution in [-0.4, -0.2) is 87.1 Å². The van der Waals surface area contributed by atoms with Crippen molar-refractivity contribution in [2.24, 2.45) is 5.92 Å². The standard InChI is InChI=1S/C16H32N4O/c1-18-9-6-15(7-10-18)19(2)11-12-20(3)16(21)14-5-4-8-17-13-14/h14-15,17H,4-13H2,1-3H3/t14-/m1/s1. The van der Waals surface area contributed by atoms with Crippen LogP contribution in [0.2, 0.25) is 0 Å². The third-order valence-corrected chi connectivity index (χ3v) is 5.12. The summed E-state index contributed by atoms with van der Waals surface area (Å²) in [4.78, 5) is 19.2. The fourth-order valence-corrected chi connectivity index (χ4v) is 3.41. The molecule has 0 aromatic carbocycles. The molecule has 0 radical (unpaired) electrons. The molecule has 21 heavy (non-hydrogen) atoms. The number of likely N-dealkylation sites (N-methyl/N-ethyl adjacent to an activating group) is 2. The minimum atomic E-state index is 0.192. The number of amides is 1. The molecule has 0 saturated carbocycles. The zero-order valence-electron chi connectivity index (χ0n) is 14.0. The van der Waals surface area contributed by atoms with Gasteiger partial charge in [0.1, 0.15) is 0 Å². The lowest BCUT2D eigenvalue weighted by atomic mass is 9.98. The average molecular weight is 296 g/mol. The lowest BCUT2D eigenvalue weighted by molar-refractivity contribution is -0.134. The van der Waals surface area contributed by atoms with Gasteiger partial charge in [0.05, 0.1) is 5.92 Å². The number of piperidine rings is 2. The Morgan fingerprint density at radius 3 is 2.52 bits per heavy atom. The maximum Gasteiger partial charge on any atom is 0.226 e. The Labute approximate surface area is 129 Å². The van der Waals surface area contributed by atoms with Crippen LogP contribution in [0.25, 0.3) is 0 Å². The monoisotopic (exact) mass is 296 g/mol. The number of rotatable bonds is 5. The highest BCUT2D eigenvalue weighted by Gasteiger charge is 2.25. The van der Waals surface area contributed by atoms with E-state index in [1.165, 1.54) is 25.9 Å². The quantitative estimate of drug-likeness (QED) is 0.800. The Kier molecular flexibility index (Phi) is 6.45. The number of likely N-dealkylation sites (tertiary alicyclic amines) is 1.